The Balaban J connectivity index is 1.60. The van der Waals surface area contributed by atoms with Gasteiger partial charge in [0.25, 0.3) is 5.91 Å². The predicted molar refractivity (Wildman–Crippen MR) is 90.9 cm³/mol. The van der Waals surface area contributed by atoms with Crippen molar-refractivity contribution in [3.05, 3.63) is 71.8 Å². The number of benzene rings is 1. The maximum absolute atomic E-state index is 12.2. The van der Waals surface area contributed by atoms with Crippen LogP contribution in [0.2, 0.25) is 0 Å². The summed E-state index contributed by atoms with van der Waals surface area (Å²) >= 11 is 0. The second kappa shape index (κ2) is 6.95. The Morgan fingerprint density at radius 1 is 1.17 bits per heavy atom. The van der Waals surface area contributed by atoms with E-state index in [9.17, 15) is 4.79 Å². The molecule has 0 unspecified atom stereocenters. The number of hydrogen-bond acceptors (Lipinski definition) is 4. The highest BCUT2D eigenvalue weighted by molar-refractivity contribution is 6.04. The lowest BCUT2D eigenvalue weighted by atomic mass is 10.2. The van der Waals surface area contributed by atoms with Crippen molar-refractivity contribution in [2.75, 3.05) is 5.32 Å². The van der Waals surface area contributed by atoms with Gasteiger partial charge in [-0.15, -0.1) is 0 Å². The first-order valence-electron chi connectivity index (χ1n) is 7.55. The van der Waals surface area contributed by atoms with E-state index in [4.69, 9.17) is 4.74 Å². The van der Waals surface area contributed by atoms with Crippen LogP contribution in [-0.2, 0) is 13.7 Å². The molecule has 0 aliphatic rings. The molecule has 0 aliphatic carbocycles. The molecule has 3 rings (SSSR count). The van der Waals surface area contributed by atoms with Crippen LogP contribution in [0.3, 0.4) is 0 Å². The first-order chi connectivity index (χ1) is 11.6. The molecule has 24 heavy (non-hydrogen) atoms. The summed E-state index contributed by atoms with van der Waals surface area (Å²) < 4.78 is 7.38. The Labute approximate surface area is 140 Å². The van der Waals surface area contributed by atoms with Crippen molar-refractivity contribution in [1.29, 1.82) is 0 Å². The number of aryl methyl sites for hydroxylation is 1. The average molecular weight is 322 g/mol. The molecule has 122 valence electrons. The van der Waals surface area contributed by atoms with E-state index >= 15 is 0 Å². The van der Waals surface area contributed by atoms with Gasteiger partial charge in [-0.05, 0) is 48.9 Å². The van der Waals surface area contributed by atoms with E-state index in [1.54, 1.807) is 30.3 Å². The summed E-state index contributed by atoms with van der Waals surface area (Å²) in [5, 5.41) is 6.93. The first-order valence-corrected chi connectivity index (χ1v) is 7.55. The Hall–Kier alpha value is -3.15. The fourth-order valence-corrected chi connectivity index (χ4v) is 2.20. The van der Waals surface area contributed by atoms with Crippen LogP contribution in [0, 0.1) is 6.92 Å². The van der Waals surface area contributed by atoms with Crippen molar-refractivity contribution in [1.82, 2.24) is 14.8 Å². The molecular weight excluding hydrogens is 304 g/mol. The second-order valence-electron chi connectivity index (χ2n) is 5.39. The third kappa shape index (κ3) is 3.60. The summed E-state index contributed by atoms with van der Waals surface area (Å²) in [6, 6.07) is 11.1. The van der Waals surface area contributed by atoms with Gasteiger partial charge in [0.2, 0.25) is 0 Å². The number of aromatic nitrogens is 3. The van der Waals surface area contributed by atoms with Gasteiger partial charge in [0, 0.05) is 30.8 Å². The van der Waals surface area contributed by atoms with Crippen molar-refractivity contribution in [2.45, 2.75) is 13.5 Å². The van der Waals surface area contributed by atoms with Crippen LogP contribution in [-0.4, -0.2) is 20.7 Å². The highest BCUT2D eigenvalue weighted by atomic mass is 16.5. The molecule has 1 amide bonds. The fourth-order valence-electron chi connectivity index (χ4n) is 2.20. The normalized spacial score (nSPS) is 10.4. The van der Waals surface area contributed by atoms with Gasteiger partial charge in [-0.3, -0.25) is 14.5 Å². The minimum atomic E-state index is -0.175. The first kappa shape index (κ1) is 15.7. The SMILES string of the molecule is Cc1c(C(=O)Nc2ccc(OCc3ccncc3)cc2)cnn1C. The van der Waals surface area contributed by atoms with E-state index in [0.29, 0.717) is 17.9 Å². The molecule has 1 aromatic carbocycles. The minimum Gasteiger partial charge on any atom is -0.489 e. The Bertz CT molecular complexity index is 826. The number of carbonyl (C=O) groups is 1. The summed E-state index contributed by atoms with van der Waals surface area (Å²) in [6.45, 7) is 2.33. The van der Waals surface area contributed by atoms with E-state index in [1.807, 2.05) is 43.3 Å². The summed E-state index contributed by atoms with van der Waals surface area (Å²) in [5.41, 5.74) is 3.15. The summed E-state index contributed by atoms with van der Waals surface area (Å²) in [6.07, 6.45) is 5.03. The molecule has 0 aliphatic heterocycles. The molecule has 0 saturated carbocycles. The van der Waals surface area contributed by atoms with Gasteiger partial charge in [-0.25, -0.2) is 0 Å². The van der Waals surface area contributed by atoms with Crippen molar-refractivity contribution < 1.29 is 9.53 Å². The largest absolute Gasteiger partial charge is 0.489 e. The number of nitrogens with one attached hydrogen (secondary N) is 1. The van der Waals surface area contributed by atoms with E-state index in [-0.39, 0.29) is 5.91 Å². The van der Waals surface area contributed by atoms with Gasteiger partial charge in [0.15, 0.2) is 0 Å². The topological polar surface area (TPSA) is 69.0 Å². The number of amides is 1. The maximum Gasteiger partial charge on any atom is 0.259 e. The van der Waals surface area contributed by atoms with Gasteiger partial charge in [-0.2, -0.15) is 5.10 Å². The molecule has 3 aromatic rings. The van der Waals surface area contributed by atoms with E-state index in [0.717, 1.165) is 17.0 Å². The van der Waals surface area contributed by atoms with E-state index in [1.165, 1.54) is 0 Å². The molecule has 2 aromatic heterocycles. The van der Waals surface area contributed by atoms with Crippen LogP contribution in [0.5, 0.6) is 5.75 Å². The highest BCUT2D eigenvalue weighted by Gasteiger charge is 2.12. The average Bonchev–Trinajstić information content (AvgIpc) is 2.94. The lowest BCUT2D eigenvalue weighted by Gasteiger charge is -2.08. The van der Waals surface area contributed by atoms with Crippen LogP contribution in [0.4, 0.5) is 5.69 Å². The Morgan fingerprint density at radius 2 is 1.88 bits per heavy atom. The quantitative estimate of drug-likeness (QED) is 0.784. The molecule has 0 spiro atoms. The molecule has 0 radical (unpaired) electrons. The number of ether oxygens (including phenoxy) is 1. The zero-order valence-electron chi connectivity index (χ0n) is 13.6. The van der Waals surface area contributed by atoms with Gasteiger partial charge in [0.05, 0.1) is 11.8 Å². The Morgan fingerprint density at radius 3 is 2.50 bits per heavy atom. The van der Waals surface area contributed by atoms with Gasteiger partial charge in [0.1, 0.15) is 12.4 Å². The van der Waals surface area contributed by atoms with Crippen molar-refractivity contribution in [3.8, 4) is 5.75 Å². The smallest absolute Gasteiger partial charge is 0.259 e. The number of nitrogens with zero attached hydrogens (tertiary/aromatic N) is 3. The minimum absolute atomic E-state index is 0.175. The third-order valence-corrected chi connectivity index (χ3v) is 3.75. The molecule has 0 fully saturated rings. The summed E-state index contributed by atoms with van der Waals surface area (Å²) in [7, 11) is 1.81. The zero-order valence-corrected chi connectivity index (χ0v) is 13.6. The predicted octanol–water partition coefficient (Wildman–Crippen LogP) is 2.95. The molecule has 6 nitrogen and oxygen atoms in total. The molecular formula is C18H18N4O2. The standard InChI is InChI=1S/C18H18N4O2/c1-13-17(11-20-22(13)2)18(23)21-15-3-5-16(6-4-15)24-12-14-7-9-19-10-8-14/h3-11H,12H2,1-2H3,(H,21,23). The molecule has 1 N–H and O–H groups in total. The van der Waals surface area contributed by atoms with Crippen LogP contribution in [0.25, 0.3) is 0 Å². The second-order valence-corrected chi connectivity index (χ2v) is 5.39. The van der Waals surface area contributed by atoms with E-state index < -0.39 is 0 Å². The number of carbonyl (C=O) groups excluding carboxylic acids is 1. The third-order valence-electron chi connectivity index (χ3n) is 3.75. The monoisotopic (exact) mass is 322 g/mol. The van der Waals surface area contributed by atoms with Gasteiger partial charge >= 0.3 is 0 Å². The number of pyridine rings is 1. The van der Waals surface area contributed by atoms with Crippen LogP contribution in [0.15, 0.2) is 55.0 Å². The molecule has 2 heterocycles. The Kier molecular flexibility index (Phi) is 4.56. The zero-order chi connectivity index (χ0) is 16.9. The van der Waals surface area contributed by atoms with Crippen LogP contribution in [0.1, 0.15) is 21.6 Å². The summed E-state index contributed by atoms with van der Waals surface area (Å²) in [5.74, 6) is 0.563. The number of hydrogen-bond donors (Lipinski definition) is 1. The number of anilines is 1. The van der Waals surface area contributed by atoms with Crippen molar-refractivity contribution in [2.24, 2.45) is 7.05 Å². The molecule has 0 saturated heterocycles. The maximum atomic E-state index is 12.2. The van der Waals surface area contributed by atoms with Crippen LogP contribution < -0.4 is 10.1 Å². The van der Waals surface area contributed by atoms with Crippen molar-refractivity contribution >= 4 is 11.6 Å². The van der Waals surface area contributed by atoms with Crippen LogP contribution >= 0.6 is 0 Å². The van der Waals surface area contributed by atoms with E-state index in [2.05, 4.69) is 15.4 Å². The lowest BCUT2D eigenvalue weighted by Crippen LogP contribution is -2.12. The lowest BCUT2D eigenvalue weighted by molar-refractivity contribution is 0.102. The van der Waals surface area contributed by atoms with Gasteiger partial charge in [-0.1, -0.05) is 0 Å². The molecule has 6 heteroatoms. The van der Waals surface area contributed by atoms with Crippen molar-refractivity contribution in [3.63, 3.8) is 0 Å². The highest BCUT2D eigenvalue weighted by Crippen LogP contribution is 2.18. The number of rotatable bonds is 5. The van der Waals surface area contributed by atoms with Gasteiger partial charge < -0.3 is 10.1 Å². The summed E-state index contributed by atoms with van der Waals surface area (Å²) in [4.78, 5) is 16.2. The molecule has 0 bridgehead atoms. The molecule has 0 atom stereocenters. The fraction of sp³-hybridized carbons (Fsp3) is 0.167.